The van der Waals surface area contributed by atoms with Gasteiger partial charge in [0, 0.05) is 6.54 Å². The minimum atomic E-state index is 0. The zero-order valence-corrected chi connectivity index (χ0v) is 7.05. The Morgan fingerprint density at radius 3 is 2.91 bits per heavy atom. The Kier molecular flexibility index (Phi) is 5.19. The summed E-state index contributed by atoms with van der Waals surface area (Å²) in [6.07, 6.45) is 6.46. The van der Waals surface area contributed by atoms with E-state index in [4.69, 9.17) is 0 Å². The van der Waals surface area contributed by atoms with Crippen molar-refractivity contribution in [3.8, 4) is 0 Å². The predicted octanol–water partition coefficient (Wildman–Crippen LogP) is -2.18. The average Bonchev–Trinajstić information content (AvgIpc) is 2.13. The fraction of sp³-hybridized carbons (Fsp3) is 0.500. The SMILES string of the molecule is C=CN1CCCCC=C1[O-].[Li+]. The summed E-state index contributed by atoms with van der Waals surface area (Å²) >= 11 is 0. The topological polar surface area (TPSA) is 26.3 Å². The molecule has 0 fully saturated rings. The smallest absolute Gasteiger partial charge is 0.860 e. The first-order valence-corrected chi connectivity index (χ1v) is 3.61. The molecule has 0 aromatic heterocycles. The zero-order chi connectivity index (χ0) is 7.40. The van der Waals surface area contributed by atoms with E-state index in [0.29, 0.717) is 0 Å². The molecular formula is C8H12LiNO. The number of allylic oxidation sites excluding steroid dienone is 1. The standard InChI is InChI=1S/C8H13NO.Li/c1-2-9-7-5-3-4-6-8(9)10;/h2,6,10H,1,3-5,7H2;/q;+1/p-1. The molecule has 0 radical (unpaired) electrons. The Morgan fingerprint density at radius 1 is 1.55 bits per heavy atom. The maximum absolute atomic E-state index is 11.0. The first-order valence-electron chi connectivity index (χ1n) is 3.61. The molecule has 1 rings (SSSR count). The van der Waals surface area contributed by atoms with Crippen LogP contribution in [0.5, 0.6) is 0 Å². The molecule has 0 bridgehead atoms. The van der Waals surface area contributed by atoms with Gasteiger partial charge >= 0.3 is 18.9 Å². The molecule has 0 amide bonds. The summed E-state index contributed by atoms with van der Waals surface area (Å²) in [6.45, 7) is 4.39. The van der Waals surface area contributed by atoms with Crippen LogP contribution in [-0.4, -0.2) is 11.4 Å². The molecule has 0 aromatic carbocycles. The summed E-state index contributed by atoms with van der Waals surface area (Å²) in [5.74, 6) is 0.104. The third kappa shape index (κ3) is 3.05. The molecule has 0 unspecified atom stereocenters. The van der Waals surface area contributed by atoms with Gasteiger partial charge in [0.25, 0.3) is 0 Å². The van der Waals surface area contributed by atoms with Gasteiger partial charge in [0.1, 0.15) is 0 Å². The minimum absolute atomic E-state index is 0. The molecule has 3 heteroatoms. The van der Waals surface area contributed by atoms with Gasteiger partial charge in [-0.2, -0.15) is 0 Å². The van der Waals surface area contributed by atoms with Gasteiger partial charge in [0.15, 0.2) is 0 Å². The number of hydrogen-bond donors (Lipinski definition) is 0. The monoisotopic (exact) mass is 145 g/mol. The molecular weight excluding hydrogens is 133 g/mol. The summed E-state index contributed by atoms with van der Waals surface area (Å²) in [7, 11) is 0. The van der Waals surface area contributed by atoms with Crippen LogP contribution in [0.2, 0.25) is 0 Å². The summed E-state index contributed by atoms with van der Waals surface area (Å²) in [5, 5.41) is 11.0. The van der Waals surface area contributed by atoms with Gasteiger partial charge in [-0.05, 0) is 31.3 Å². The minimum Gasteiger partial charge on any atom is -0.860 e. The van der Waals surface area contributed by atoms with E-state index in [0.717, 1.165) is 25.8 Å². The molecule has 0 saturated heterocycles. The van der Waals surface area contributed by atoms with Crippen LogP contribution in [0, 0.1) is 0 Å². The fourth-order valence-corrected chi connectivity index (χ4v) is 1.06. The molecule has 0 atom stereocenters. The Balaban J connectivity index is 0.000001000. The van der Waals surface area contributed by atoms with Gasteiger partial charge in [-0.15, -0.1) is 0 Å². The van der Waals surface area contributed by atoms with Crippen molar-refractivity contribution in [1.82, 2.24) is 4.90 Å². The molecule has 1 aliphatic heterocycles. The predicted molar refractivity (Wildman–Crippen MR) is 38.8 cm³/mol. The van der Waals surface area contributed by atoms with Crippen molar-refractivity contribution >= 4 is 0 Å². The van der Waals surface area contributed by atoms with Gasteiger partial charge in [0.05, 0.1) is 0 Å². The van der Waals surface area contributed by atoms with Crippen molar-refractivity contribution in [2.75, 3.05) is 6.54 Å². The van der Waals surface area contributed by atoms with Crippen molar-refractivity contribution in [2.24, 2.45) is 0 Å². The van der Waals surface area contributed by atoms with Crippen molar-refractivity contribution in [3.63, 3.8) is 0 Å². The molecule has 0 spiro atoms. The van der Waals surface area contributed by atoms with E-state index in [1.54, 1.807) is 17.2 Å². The summed E-state index contributed by atoms with van der Waals surface area (Å²) in [5.41, 5.74) is 0. The van der Waals surface area contributed by atoms with E-state index in [-0.39, 0.29) is 24.7 Å². The van der Waals surface area contributed by atoms with Crippen molar-refractivity contribution in [1.29, 1.82) is 0 Å². The molecule has 56 valence electrons. The van der Waals surface area contributed by atoms with Gasteiger partial charge in [-0.25, -0.2) is 0 Å². The van der Waals surface area contributed by atoms with E-state index >= 15 is 0 Å². The zero-order valence-electron chi connectivity index (χ0n) is 7.05. The molecule has 0 saturated carbocycles. The quantitative estimate of drug-likeness (QED) is 0.392. The molecule has 11 heavy (non-hydrogen) atoms. The van der Waals surface area contributed by atoms with Crippen LogP contribution in [-0.2, 0) is 0 Å². The van der Waals surface area contributed by atoms with E-state index in [9.17, 15) is 5.11 Å². The van der Waals surface area contributed by atoms with Crippen molar-refractivity contribution in [2.45, 2.75) is 19.3 Å². The Hall–Kier alpha value is -0.323. The van der Waals surface area contributed by atoms with Crippen LogP contribution in [0.1, 0.15) is 19.3 Å². The average molecular weight is 145 g/mol. The number of nitrogens with zero attached hydrogens (tertiary/aromatic N) is 1. The molecule has 1 heterocycles. The summed E-state index contributed by atoms with van der Waals surface area (Å²) in [4.78, 5) is 1.66. The largest absolute Gasteiger partial charge is 1.00 e. The van der Waals surface area contributed by atoms with E-state index in [1.165, 1.54) is 0 Å². The van der Waals surface area contributed by atoms with Crippen LogP contribution < -0.4 is 24.0 Å². The van der Waals surface area contributed by atoms with E-state index in [1.807, 2.05) is 0 Å². The second-order valence-corrected chi connectivity index (χ2v) is 2.41. The first kappa shape index (κ1) is 10.7. The second kappa shape index (κ2) is 5.34. The van der Waals surface area contributed by atoms with Gasteiger partial charge < -0.3 is 10.0 Å². The first-order chi connectivity index (χ1) is 4.84. The maximum atomic E-state index is 11.0. The van der Waals surface area contributed by atoms with Crippen LogP contribution in [0.25, 0.3) is 0 Å². The van der Waals surface area contributed by atoms with E-state index < -0.39 is 0 Å². The van der Waals surface area contributed by atoms with Crippen LogP contribution in [0.15, 0.2) is 24.7 Å². The number of rotatable bonds is 1. The van der Waals surface area contributed by atoms with Gasteiger partial charge in [-0.3, -0.25) is 0 Å². The van der Waals surface area contributed by atoms with Gasteiger partial charge in [-0.1, -0.05) is 12.7 Å². The van der Waals surface area contributed by atoms with Crippen molar-refractivity contribution < 1.29 is 24.0 Å². The third-order valence-corrected chi connectivity index (χ3v) is 1.68. The molecule has 0 aliphatic carbocycles. The van der Waals surface area contributed by atoms with Gasteiger partial charge in [0.2, 0.25) is 0 Å². The molecule has 0 N–H and O–H groups in total. The fourth-order valence-electron chi connectivity index (χ4n) is 1.06. The number of hydrogen-bond acceptors (Lipinski definition) is 2. The molecule has 0 aromatic rings. The molecule has 2 nitrogen and oxygen atoms in total. The second-order valence-electron chi connectivity index (χ2n) is 2.41. The summed E-state index contributed by atoms with van der Waals surface area (Å²) in [6, 6.07) is 0. The normalized spacial score (nSPS) is 17.8. The van der Waals surface area contributed by atoms with E-state index in [2.05, 4.69) is 6.58 Å². The van der Waals surface area contributed by atoms with Crippen LogP contribution >= 0.6 is 0 Å². The third-order valence-electron chi connectivity index (χ3n) is 1.68. The van der Waals surface area contributed by atoms with Crippen LogP contribution in [0.4, 0.5) is 0 Å². The Bertz CT molecular complexity index is 156. The summed E-state index contributed by atoms with van der Waals surface area (Å²) < 4.78 is 0. The Morgan fingerprint density at radius 2 is 2.27 bits per heavy atom. The molecule has 1 aliphatic rings. The van der Waals surface area contributed by atoms with Crippen LogP contribution in [0.3, 0.4) is 0 Å². The van der Waals surface area contributed by atoms with Crippen molar-refractivity contribution in [3.05, 3.63) is 24.7 Å². The Labute approximate surface area is 79.8 Å². The maximum Gasteiger partial charge on any atom is 1.00 e.